The summed E-state index contributed by atoms with van der Waals surface area (Å²) in [5, 5.41) is 0. The van der Waals surface area contributed by atoms with E-state index in [2.05, 4.69) is 11.8 Å². The Morgan fingerprint density at radius 3 is 2.54 bits per heavy atom. The van der Waals surface area contributed by atoms with Crippen molar-refractivity contribution in [2.45, 2.75) is 13.8 Å². The van der Waals surface area contributed by atoms with Gasteiger partial charge in [-0.15, -0.1) is 0 Å². The highest BCUT2D eigenvalue weighted by Crippen LogP contribution is 2.38. The first kappa shape index (κ1) is 16.8. The van der Waals surface area contributed by atoms with Gasteiger partial charge in [0, 0.05) is 13.1 Å². The molecule has 1 aromatic rings. The minimum Gasteiger partial charge on any atom is -0.439 e. The molecule has 1 saturated heterocycles. The molecular formula is C18H18N2O2S2. The number of likely N-dealkylation sites (N-methyl/N-ethyl adjacent to an activating group) is 1. The molecular weight excluding hydrogens is 340 g/mol. The molecule has 2 aliphatic heterocycles. The molecule has 1 fully saturated rings. The van der Waals surface area contributed by atoms with Crippen LogP contribution in [0.4, 0.5) is 5.69 Å². The molecule has 0 radical (unpaired) electrons. The number of para-hydroxylation sites is 2. The predicted octanol–water partition coefficient (Wildman–Crippen LogP) is 4.07. The quantitative estimate of drug-likeness (QED) is 0.598. The molecule has 0 aromatic heterocycles. The molecule has 0 spiro atoms. The number of hydrogen-bond donors (Lipinski definition) is 0. The minimum atomic E-state index is -0.0236. The molecule has 6 heteroatoms. The summed E-state index contributed by atoms with van der Waals surface area (Å²) in [6, 6.07) is 7.96. The number of fused-ring (bicyclic) bond motifs is 1. The third-order valence-electron chi connectivity index (χ3n) is 3.74. The van der Waals surface area contributed by atoms with Crippen molar-refractivity contribution in [1.82, 2.24) is 4.90 Å². The van der Waals surface area contributed by atoms with E-state index in [1.807, 2.05) is 49.4 Å². The van der Waals surface area contributed by atoms with Crippen molar-refractivity contribution < 1.29 is 9.53 Å². The number of rotatable bonds is 4. The van der Waals surface area contributed by atoms with E-state index in [1.165, 1.54) is 11.8 Å². The first-order valence-corrected chi connectivity index (χ1v) is 9.05. The topological polar surface area (TPSA) is 32.8 Å². The Balaban J connectivity index is 1.73. The summed E-state index contributed by atoms with van der Waals surface area (Å²) < 4.78 is 6.49. The van der Waals surface area contributed by atoms with Gasteiger partial charge in [0.2, 0.25) is 5.88 Å². The van der Waals surface area contributed by atoms with Crippen LogP contribution in [0.3, 0.4) is 0 Å². The van der Waals surface area contributed by atoms with Crippen LogP contribution in [0.15, 0.2) is 59.4 Å². The van der Waals surface area contributed by atoms with Crippen molar-refractivity contribution in [3.63, 3.8) is 0 Å². The second kappa shape index (κ2) is 7.23. The van der Waals surface area contributed by atoms with Gasteiger partial charge in [-0.05, 0) is 38.1 Å². The van der Waals surface area contributed by atoms with Gasteiger partial charge in [-0.3, -0.25) is 9.69 Å². The molecule has 3 rings (SSSR count). The summed E-state index contributed by atoms with van der Waals surface area (Å²) in [5.41, 5.74) is 1.07. The first-order chi connectivity index (χ1) is 11.7. The lowest BCUT2D eigenvalue weighted by molar-refractivity contribution is -0.122. The van der Waals surface area contributed by atoms with Crippen LogP contribution in [0, 0.1) is 0 Å². The van der Waals surface area contributed by atoms with Gasteiger partial charge in [0.1, 0.15) is 4.32 Å². The number of hydrogen-bond acceptors (Lipinski definition) is 5. The molecule has 1 amide bonds. The lowest BCUT2D eigenvalue weighted by Gasteiger charge is -2.14. The number of thioether (sulfide) groups is 1. The third-order valence-corrected chi connectivity index (χ3v) is 5.14. The first-order valence-electron chi connectivity index (χ1n) is 7.82. The second-order valence-electron chi connectivity index (χ2n) is 5.15. The van der Waals surface area contributed by atoms with Crippen LogP contribution >= 0.6 is 24.0 Å². The molecule has 0 bridgehead atoms. The van der Waals surface area contributed by atoms with Gasteiger partial charge in [-0.1, -0.05) is 48.3 Å². The van der Waals surface area contributed by atoms with Crippen LogP contribution in [0.5, 0.6) is 5.75 Å². The molecule has 1 aromatic carbocycles. The number of benzene rings is 1. The molecule has 0 atom stereocenters. The van der Waals surface area contributed by atoms with Crippen LogP contribution in [0.1, 0.15) is 13.8 Å². The monoisotopic (exact) mass is 358 g/mol. The lowest BCUT2D eigenvalue weighted by Crippen LogP contribution is -2.27. The number of carbonyl (C=O) groups excluding carboxylic acids is 1. The van der Waals surface area contributed by atoms with Gasteiger partial charge in [0.15, 0.2) is 5.75 Å². The van der Waals surface area contributed by atoms with Gasteiger partial charge in [-0.25, -0.2) is 0 Å². The van der Waals surface area contributed by atoms with E-state index in [0.717, 1.165) is 23.9 Å². The molecule has 0 saturated carbocycles. The highest BCUT2D eigenvalue weighted by Gasteiger charge is 2.30. The fourth-order valence-electron chi connectivity index (χ4n) is 2.57. The lowest BCUT2D eigenvalue weighted by atomic mass is 10.3. The summed E-state index contributed by atoms with van der Waals surface area (Å²) in [4.78, 5) is 16.5. The molecule has 24 heavy (non-hydrogen) atoms. The van der Waals surface area contributed by atoms with Crippen LogP contribution in [-0.2, 0) is 4.79 Å². The molecule has 124 valence electrons. The third kappa shape index (κ3) is 3.12. The zero-order valence-corrected chi connectivity index (χ0v) is 15.2. The highest BCUT2D eigenvalue weighted by atomic mass is 32.2. The number of nitrogens with zero attached hydrogens (tertiary/aromatic N) is 2. The summed E-state index contributed by atoms with van der Waals surface area (Å²) in [6.07, 6.45) is 7.42. The SMILES string of the molecule is CCN1C(=O)C(=CC=CC=C2Oc3ccccc3N2CC)SC1=S. The van der Waals surface area contributed by atoms with Crippen molar-refractivity contribution in [3.8, 4) is 5.75 Å². The van der Waals surface area contributed by atoms with E-state index in [0.29, 0.717) is 15.8 Å². The largest absolute Gasteiger partial charge is 0.439 e. The van der Waals surface area contributed by atoms with E-state index in [4.69, 9.17) is 17.0 Å². The molecule has 0 N–H and O–H groups in total. The summed E-state index contributed by atoms with van der Waals surface area (Å²) in [5.74, 6) is 1.62. The van der Waals surface area contributed by atoms with Crippen LogP contribution in [0.2, 0.25) is 0 Å². The van der Waals surface area contributed by atoms with Crippen molar-refractivity contribution in [2.24, 2.45) is 0 Å². The molecule has 4 nitrogen and oxygen atoms in total. The predicted molar refractivity (Wildman–Crippen MR) is 103 cm³/mol. The van der Waals surface area contributed by atoms with Crippen molar-refractivity contribution in [3.05, 3.63) is 59.4 Å². The number of ether oxygens (including phenoxy) is 1. The van der Waals surface area contributed by atoms with Gasteiger partial charge >= 0.3 is 0 Å². The maximum atomic E-state index is 12.1. The molecule has 2 aliphatic rings. The van der Waals surface area contributed by atoms with Gasteiger partial charge in [-0.2, -0.15) is 0 Å². The number of amides is 1. The average Bonchev–Trinajstić information content (AvgIpc) is 3.08. The fraction of sp³-hybridized carbons (Fsp3) is 0.222. The van der Waals surface area contributed by atoms with Gasteiger partial charge < -0.3 is 9.64 Å². The second-order valence-corrected chi connectivity index (χ2v) is 6.83. The Kier molecular flexibility index (Phi) is 5.06. The average molecular weight is 358 g/mol. The normalized spacial score (nSPS) is 20.6. The zero-order chi connectivity index (χ0) is 17.1. The minimum absolute atomic E-state index is 0.0236. The van der Waals surface area contributed by atoms with Crippen LogP contribution < -0.4 is 9.64 Å². The van der Waals surface area contributed by atoms with Crippen molar-refractivity contribution >= 4 is 39.9 Å². The number of allylic oxidation sites excluding steroid dienone is 4. The maximum absolute atomic E-state index is 12.1. The standard InChI is InChI=1S/C18H18N2O2S2/c1-3-19-13-9-5-6-10-14(13)22-16(19)12-8-7-11-15-17(21)20(4-2)18(23)24-15/h5-12H,3-4H2,1-2H3. The maximum Gasteiger partial charge on any atom is 0.266 e. The Bertz CT molecular complexity index is 768. The van der Waals surface area contributed by atoms with Crippen molar-refractivity contribution in [2.75, 3.05) is 18.0 Å². The number of anilines is 1. The highest BCUT2D eigenvalue weighted by molar-refractivity contribution is 8.26. The summed E-state index contributed by atoms with van der Waals surface area (Å²) in [6.45, 7) is 5.43. The fourth-order valence-corrected chi connectivity index (χ4v) is 3.91. The molecule has 2 heterocycles. The zero-order valence-electron chi connectivity index (χ0n) is 13.6. The van der Waals surface area contributed by atoms with Crippen LogP contribution in [0.25, 0.3) is 0 Å². The Labute approximate surface area is 151 Å². The summed E-state index contributed by atoms with van der Waals surface area (Å²) in [7, 11) is 0. The van der Waals surface area contributed by atoms with E-state index in [1.54, 1.807) is 11.0 Å². The smallest absolute Gasteiger partial charge is 0.266 e. The van der Waals surface area contributed by atoms with E-state index in [-0.39, 0.29) is 5.91 Å². The van der Waals surface area contributed by atoms with Crippen LogP contribution in [-0.4, -0.2) is 28.2 Å². The number of carbonyl (C=O) groups is 1. The Morgan fingerprint density at radius 2 is 1.83 bits per heavy atom. The van der Waals surface area contributed by atoms with E-state index in [9.17, 15) is 4.79 Å². The van der Waals surface area contributed by atoms with Crippen molar-refractivity contribution in [1.29, 1.82) is 0 Å². The molecule has 0 unspecified atom stereocenters. The Morgan fingerprint density at radius 1 is 1.12 bits per heavy atom. The number of thiocarbonyl (C=S) groups is 1. The summed E-state index contributed by atoms with van der Waals surface area (Å²) >= 11 is 6.53. The van der Waals surface area contributed by atoms with Gasteiger partial charge in [0.25, 0.3) is 5.91 Å². The van der Waals surface area contributed by atoms with E-state index >= 15 is 0 Å². The van der Waals surface area contributed by atoms with Gasteiger partial charge in [0.05, 0.1) is 10.6 Å². The Hall–Kier alpha value is -2.05. The molecule has 0 aliphatic carbocycles. The van der Waals surface area contributed by atoms with E-state index < -0.39 is 0 Å².